The molecule has 4 aromatic heterocycles. The summed E-state index contributed by atoms with van der Waals surface area (Å²) in [7, 11) is -3.10. The van der Waals surface area contributed by atoms with Gasteiger partial charge in [0.2, 0.25) is 0 Å². The molecular weight excluding hydrogens is 651 g/mol. The van der Waals surface area contributed by atoms with Crippen LogP contribution in [0.25, 0.3) is 22.3 Å². The quantitative estimate of drug-likeness (QED) is 0.0732. The molecule has 4 aliphatic carbocycles. The second-order valence-corrected chi connectivity index (χ2v) is 14.6. The highest BCUT2D eigenvalue weighted by Crippen LogP contribution is 2.64. The van der Waals surface area contributed by atoms with E-state index in [1.807, 2.05) is 4.57 Å². The van der Waals surface area contributed by atoms with Gasteiger partial charge < -0.3 is 54.7 Å². The normalized spacial score (nSPS) is 35.7. The Balaban J connectivity index is 1.07. The standard InChI is InChI=1S/C28H37N10O9P/c1-29-23-15-25(32-8-30-23)38(11-34-15)18-14-3-5-28(14,7-47-48(43,44)45)22(42)20(18)46-12-36-24-16-26(33-9-31-24)37(10-35-16)17-13-2-4-27(13,6-39)21(41)19(17)40/h8-11,13-14,17-22,39-42H,2-7,12H2,1H3,(H,29,30,32)(H,31,33,36)(H2,43,44,45)/t13-,14-,17-,18-,19+,20+,21+,22+,27+,28+/m1/s1. The molecule has 0 bridgehead atoms. The molecule has 0 radical (unpaired) electrons. The topological polar surface area (TPSA) is 268 Å². The first-order valence-corrected chi connectivity index (χ1v) is 17.3. The van der Waals surface area contributed by atoms with Gasteiger partial charge in [-0.25, -0.2) is 34.5 Å². The number of anilines is 2. The van der Waals surface area contributed by atoms with Crippen molar-refractivity contribution < 1.29 is 44.0 Å². The number of aliphatic hydroxyl groups excluding tert-OH is 4. The Morgan fingerprint density at radius 3 is 2.04 bits per heavy atom. The van der Waals surface area contributed by atoms with Crippen molar-refractivity contribution >= 4 is 41.8 Å². The van der Waals surface area contributed by atoms with E-state index in [9.17, 15) is 34.8 Å². The third kappa shape index (κ3) is 4.46. The Kier molecular flexibility index (Phi) is 7.52. The van der Waals surface area contributed by atoms with Gasteiger partial charge in [-0.1, -0.05) is 0 Å². The van der Waals surface area contributed by atoms with Gasteiger partial charge in [0.25, 0.3) is 0 Å². The van der Waals surface area contributed by atoms with Crippen molar-refractivity contribution in [3.8, 4) is 0 Å². The van der Waals surface area contributed by atoms with Crippen molar-refractivity contribution in [2.45, 2.75) is 62.2 Å². The van der Waals surface area contributed by atoms with Crippen LogP contribution in [0.5, 0.6) is 0 Å². The molecule has 4 saturated carbocycles. The van der Waals surface area contributed by atoms with Gasteiger partial charge in [-0.2, -0.15) is 0 Å². The second-order valence-electron chi connectivity index (χ2n) is 13.3. The molecule has 19 nitrogen and oxygen atoms in total. The molecule has 48 heavy (non-hydrogen) atoms. The highest BCUT2D eigenvalue weighted by molar-refractivity contribution is 7.46. The van der Waals surface area contributed by atoms with Crippen LogP contribution in [-0.4, -0.2) is 121 Å². The SMILES string of the molecule is CNc1ncnc2c1ncn2[C@H]1[C@H](OCNc2ncnc3c2ncn3[C@H]2[C@H](O)[C@H](O)[C@]3(CO)CC[C@H]23)[C@H](O)[C@]2(COP(=O)(O)O)CC[C@H]12. The maximum Gasteiger partial charge on any atom is 0.469 e. The van der Waals surface area contributed by atoms with E-state index in [0.29, 0.717) is 53.2 Å². The van der Waals surface area contributed by atoms with Gasteiger partial charge >= 0.3 is 7.82 Å². The minimum atomic E-state index is -4.81. The number of nitrogens with one attached hydrogen (secondary N) is 2. The van der Waals surface area contributed by atoms with Gasteiger partial charge in [0, 0.05) is 17.9 Å². The van der Waals surface area contributed by atoms with E-state index in [4.69, 9.17) is 9.26 Å². The summed E-state index contributed by atoms with van der Waals surface area (Å²) in [6.45, 7) is -0.720. The second kappa shape index (κ2) is 11.3. The molecule has 20 heteroatoms. The molecule has 0 unspecified atom stereocenters. The van der Waals surface area contributed by atoms with Gasteiger partial charge in [-0.05, 0) is 37.5 Å². The lowest BCUT2D eigenvalue weighted by molar-refractivity contribution is -0.106. The Morgan fingerprint density at radius 1 is 0.875 bits per heavy atom. The molecule has 0 saturated heterocycles. The molecule has 0 aromatic carbocycles. The van der Waals surface area contributed by atoms with Crippen molar-refractivity contribution in [1.29, 1.82) is 0 Å². The lowest BCUT2D eigenvalue weighted by Gasteiger charge is -2.47. The molecule has 258 valence electrons. The summed E-state index contributed by atoms with van der Waals surface area (Å²) >= 11 is 0. The van der Waals surface area contributed by atoms with Crippen LogP contribution in [0.1, 0.15) is 37.8 Å². The number of phosphoric ester groups is 1. The fourth-order valence-electron chi connectivity index (χ4n) is 8.95. The predicted molar refractivity (Wildman–Crippen MR) is 165 cm³/mol. The summed E-state index contributed by atoms with van der Waals surface area (Å²) in [5, 5.41) is 49.7. The smallest absolute Gasteiger partial charge is 0.396 e. The molecule has 10 atom stereocenters. The van der Waals surface area contributed by atoms with Crippen molar-refractivity contribution in [1.82, 2.24) is 39.0 Å². The van der Waals surface area contributed by atoms with Crippen LogP contribution in [0.15, 0.2) is 25.3 Å². The fourth-order valence-corrected chi connectivity index (χ4v) is 9.35. The van der Waals surface area contributed by atoms with E-state index in [1.54, 1.807) is 24.3 Å². The number of hydrogen-bond acceptors (Lipinski definition) is 15. The van der Waals surface area contributed by atoms with Crippen LogP contribution in [0.3, 0.4) is 0 Å². The lowest BCUT2D eigenvalue weighted by Crippen LogP contribution is -2.49. The molecule has 4 fully saturated rings. The summed E-state index contributed by atoms with van der Waals surface area (Å²) in [5.74, 6) is 0.431. The van der Waals surface area contributed by atoms with Gasteiger partial charge in [0.1, 0.15) is 42.6 Å². The Bertz CT molecular complexity index is 1900. The van der Waals surface area contributed by atoms with Crippen LogP contribution in [0, 0.1) is 22.7 Å². The Labute approximate surface area is 272 Å². The van der Waals surface area contributed by atoms with Crippen LogP contribution in [0.4, 0.5) is 11.6 Å². The first-order chi connectivity index (χ1) is 23.0. The molecule has 0 aliphatic heterocycles. The summed E-state index contributed by atoms with van der Waals surface area (Å²) in [6.07, 6.45) is 4.16. The minimum absolute atomic E-state index is 0.135. The molecule has 4 aromatic rings. The number of nitrogens with zero attached hydrogens (tertiary/aromatic N) is 8. The van der Waals surface area contributed by atoms with Crippen molar-refractivity contribution in [3.05, 3.63) is 25.3 Å². The highest BCUT2D eigenvalue weighted by atomic mass is 31.2. The molecule has 8 N–H and O–H groups in total. The maximum atomic E-state index is 11.7. The lowest BCUT2D eigenvalue weighted by atomic mass is 9.60. The predicted octanol–water partition coefficient (Wildman–Crippen LogP) is -0.451. The third-order valence-electron chi connectivity index (χ3n) is 11.6. The van der Waals surface area contributed by atoms with E-state index in [-0.39, 0.29) is 31.8 Å². The molecule has 4 aliphatic rings. The zero-order valence-corrected chi connectivity index (χ0v) is 26.7. The van der Waals surface area contributed by atoms with E-state index < -0.39 is 55.2 Å². The maximum absolute atomic E-state index is 11.7. The van der Waals surface area contributed by atoms with Crippen molar-refractivity contribution in [2.75, 3.05) is 37.6 Å². The zero-order chi connectivity index (χ0) is 33.6. The van der Waals surface area contributed by atoms with E-state index in [1.165, 1.54) is 12.7 Å². The van der Waals surface area contributed by atoms with Gasteiger partial charge in [0.05, 0.1) is 50.2 Å². The number of imidazole rings is 2. The largest absolute Gasteiger partial charge is 0.469 e. The van der Waals surface area contributed by atoms with Gasteiger partial charge in [-0.15, -0.1) is 0 Å². The average molecular weight is 689 g/mol. The number of rotatable bonds is 11. The molecular formula is C28H37N10O9P. The molecule has 0 amide bonds. The van der Waals surface area contributed by atoms with Gasteiger partial charge in [0.15, 0.2) is 22.9 Å². The summed E-state index contributed by atoms with van der Waals surface area (Å²) in [4.78, 5) is 45.4. The fraction of sp³-hybridized carbons (Fsp3) is 0.643. The van der Waals surface area contributed by atoms with Crippen LogP contribution >= 0.6 is 7.82 Å². The minimum Gasteiger partial charge on any atom is -0.396 e. The van der Waals surface area contributed by atoms with E-state index >= 15 is 0 Å². The molecule has 8 rings (SSSR count). The van der Waals surface area contributed by atoms with Crippen LogP contribution in [0.2, 0.25) is 0 Å². The zero-order valence-electron chi connectivity index (χ0n) is 25.8. The number of aromatic nitrogens is 8. The monoisotopic (exact) mass is 688 g/mol. The average Bonchev–Trinajstić information content (AvgIpc) is 3.74. The van der Waals surface area contributed by atoms with E-state index in [0.717, 1.165) is 6.42 Å². The number of hydrogen-bond donors (Lipinski definition) is 8. The molecule has 4 heterocycles. The highest BCUT2D eigenvalue weighted by Gasteiger charge is 2.67. The third-order valence-corrected chi connectivity index (χ3v) is 12.0. The Morgan fingerprint density at radius 2 is 1.48 bits per heavy atom. The van der Waals surface area contributed by atoms with Crippen molar-refractivity contribution in [2.24, 2.45) is 22.7 Å². The van der Waals surface area contributed by atoms with Crippen LogP contribution in [-0.2, 0) is 13.8 Å². The first-order valence-electron chi connectivity index (χ1n) is 15.8. The Hall–Kier alpha value is -3.39. The number of aliphatic hydroxyl groups is 4. The van der Waals surface area contributed by atoms with Gasteiger partial charge in [-0.3, -0.25) is 4.52 Å². The summed E-state index contributed by atoms with van der Waals surface area (Å²) in [6, 6.07) is -1.05. The number of fused-ring (bicyclic) bond motifs is 4. The molecule has 0 spiro atoms. The van der Waals surface area contributed by atoms with E-state index in [2.05, 4.69) is 40.5 Å². The summed E-state index contributed by atoms with van der Waals surface area (Å²) in [5.41, 5.74) is 0.119. The number of phosphoric acid groups is 1. The van der Waals surface area contributed by atoms with Crippen molar-refractivity contribution in [3.63, 3.8) is 0 Å². The summed E-state index contributed by atoms with van der Waals surface area (Å²) < 4.78 is 26.5. The first kappa shape index (κ1) is 31.9. The van der Waals surface area contributed by atoms with Crippen LogP contribution < -0.4 is 10.6 Å². The number of ether oxygens (including phenoxy) is 1.